The Morgan fingerprint density at radius 1 is 1.29 bits per heavy atom. The molecule has 0 aromatic carbocycles. The molecule has 0 bridgehead atoms. The molecule has 1 rings (SSSR count). The Hall–Kier alpha value is -1.06. The molecule has 0 heterocycles. The molecule has 14 heavy (non-hydrogen) atoms. The molecule has 0 saturated heterocycles. The number of aliphatic carboxylic acids is 1. The highest BCUT2D eigenvalue weighted by Crippen LogP contribution is 2.40. The lowest BCUT2D eigenvalue weighted by molar-refractivity contribution is -0.160. The Morgan fingerprint density at radius 2 is 1.86 bits per heavy atom. The number of rotatable bonds is 3. The van der Waals surface area contributed by atoms with Crippen LogP contribution >= 0.6 is 0 Å². The van der Waals surface area contributed by atoms with Gasteiger partial charge in [-0.2, -0.15) is 0 Å². The first kappa shape index (κ1) is 11.0. The SMILES string of the molecule is COC(=O)C1(CC(=O)O)CCCCC1. The Kier molecular flexibility index (Phi) is 3.49. The summed E-state index contributed by atoms with van der Waals surface area (Å²) in [6, 6.07) is 0. The number of ether oxygens (including phenoxy) is 1. The Morgan fingerprint density at radius 3 is 2.29 bits per heavy atom. The molecule has 80 valence electrons. The van der Waals surface area contributed by atoms with Crippen molar-refractivity contribution in [3.8, 4) is 0 Å². The topological polar surface area (TPSA) is 63.6 Å². The minimum Gasteiger partial charge on any atom is -0.481 e. The van der Waals surface area contributed by atoms with E-state index in [1.807, 2.05) is 0 Å². The summed E-state index contributed by atoms with van der Waals surface area (Å²) in [4.78, 5) is 22.2. The number of hydrogen-bond donors (Lipinski definition) is 1. The van der Waals surface area contributed by atoms with Crippen molar-refractivity contribution in [2.24, 2.45) is 5.41 Å². The Bertz CT molecular complexity index is 228. The van der Waals surface area contributed by atoms with E-state index in [1.165, 1.54) is 7.11 Å². The first-order chi connectivity index (χ1) is 6.60. The molecule has 0 aliphatic heterocycles. The third-order valence-corrected chi connectivity index (χ3v) is 2.92. The summed E-state index contributed by atoms with van der Waals surface area (Å²) >= 11 is 0. The van der Waals surface area contributed by atoms with Gasteiger partial charge in [-0.15, -0.1) is 0 Å². The summed E-state index contributed by atoms with van der Waals surface area (Å²) < 4.78 is 4.69. The quantitative estimate of drug-likeness (QED) is 0.702. The first-order valence-electron chi connectivity index (χ1n) is 4.91. The number of esters is 1. The van der Waals surface area contributed by atoms with Gasteiger partial charge < -0.3 is 9.84 Å². The zero-order chi connectivity index (χ0) is 10.6. The van der Waals surface area contributed by atoms with Gasteiger partial charge in [0.15, 0.2) is 0 Å². The van der Waals surface area contributed by atoms with Crippen molar-refractivity contribution < 1.29 is 19.4 Å². The van der Waals surface area contributed by atoms with E-state index in [1.54, 1.807) is 0 Å². The number of carbonyl (C=O) groups is 2. The maximum absolute atomic E-state index is 11.5. The van der Waals surface area contributed by atoms with Crippen molar-refractivity contribution in [2.75, 3.05) is 7.11 Å². The second kappa shape index (κ2) is 4.44. The molecular weight excluding hydrogens is 184 g/mol. The fraction of sp³-hybridized carbons (Fsp3) is 0.800. The highest BCUT2D eigenvalue weighted by atomic mass is 16.5. The number of carbonyl (C=O) groups excluding carboxylic acids is 1. The van der Waals surface area contributed by atoms with E-state index in [9.17, 15) is 9.59 Å². The van der Waals surface area contributed by atoms with Crippen LogP contribution < -0.4 is 0 Å². The summed E-state index contributed by atoms with van der Waals surface area (Å²) in [7, 11) is 1.32. The van der Waals surface area contributed by atoms with Gasteiger partial charge in [0.1, 0.15) is 0 Å². The molecule has 0 aromatic rings. The average Bonchev–Trinajstić information content (AvgIpc) is 2.17. The van der Waals surface area contributed by atoms with Crippen molar-refractivity contribution in [3.63, 3.8) is 0 Å². The summed E-state index contributed by atoms with van der Waals surface area (Å²) in [5.74, 6) is -1.28. The standard InChI is InChI=1S/C10H16O4/c1-14-9(13)10(7-8(11)12)5-3-2-4-6-10/h2-7H2,1H3,(H,11,12). The highest BCUT2D eigenvalue weighted by molar-refractivity contribution is 5.82. The van der Waals surface area contributed by atoms with Gasteiger partial charge in [0, 0.05) is 0 Å². The van der Waals surface area contributed by atoms with Crippen molar-refractivity contribution in [1.29, 1.82) is 0 Å². The van der Waals surface area contributed by atoms with Crippen LogP contribution in [-0.4, -0.2) is 24.2 Å². The maximum Gasteiger partial charge on any atom is 0.312 e. The predicted molar refractivity (Wildman–Crippen MR) is 49.8 cm³/mol. The summed E-state index contributed by atoms with van der Waals surface area (Å²) in [5.41, 5.74) is -0.751. The van der Waals surface area contributed by atoms with E-state index in [0.717, 1.165) is 19.3 Å². The number of carboxylic acids is 1. The maximum atomic E-state index is 11.5. The zero-order valence-corrected chi connectivity index (χ0v) is 8.41. The van der Waals surface area contributed by atoms with Crippen LogP contribution in [0.1, 0.15) is 38.5 Å². The molecule has 1 fully saturated rings. The molecule has 0 amide bonds. The number of carboxylic acid groups (broad SMARTS) is 1. The first-order valence-corrected chi connectivity index (χ1v) is 4.91. The Labute approximate surface area is 83.2 Å². The molecule has 1 saturated carbocycles. The minimum absolute atomic E-state index is 0.0975. The second-order valence-electron chi connectivity index (χ2n) is 3.90. The van der Waals surface area contributed by atoms with E-state index in [-0.39, 0.29) is 12.4 Å². The van der Waals surface area contributed by atoms with Gasteiger partial charge in [0.2, 0.25) is 0 Å². The summed E-state index contributed by atoms with van der Waals surface area (Å²) in [5, 5.41) is 8.77. The molecule has 0 spiro atoms. The monoisotopic (exact) mass is 200 g/mol. The van der Waals surface area contributed by atoms with Crippen molar-refractivity contribution in [2.45, 2.75) is 38.5 Å². The largest absolute Gasteiger partial charge is 0.481 e. The van der Waals surface area contributed by atoms with E-state index < -0.39 is 11.4 Å². The molecule has 0 unspecified atom stereocenters. The molecule has 0 radical (unpaired) electrons. The van der Waals surface area contributed by atoms with E-state index >= 15 is 0 Å². The van der Waals surface area contributed by atoms with Crippen LogP contribution in [0.2, 0.25) is 0 Å². The lowest BCUT2D eigenvalue weighted by atomic mass is 9.72. The van der Waals surface area contributed by atoms with Gasteiger partial charge >= 0.3 is 11.9 Å². The van der Waals surface area contributed by atoms with Crippen LogP contribution in [0.25, 0.3) is 0 Å². The van der Waals surface area contributed by atoms with Gasteiger partial charge in [-0.05, 0) is 12.8 Å². The molecule has 4 nitrogen and oxygen atoms in total. The van der Waals surface area contributed by atoms with Crippen molar-refractivity contribution in [1.82, 2.24) is 0 Å². The van der Waals surface area contributed by atoms with E-state index in [0.29, 0.717) is 12.8 Å². The van der Waals surface area contributed by atoms with Crippen LogP contribution in [0.4, 0.5) is 0 Å². The lowest BCUT2D eigenvalue weighted by Gasteiger charge is -2.32. The van der Waals surface area contributed by atoms with Crippen LogP contribution in [0.5, 0.6) is 0 Å². The van der Waals surface area contributed by atoms with E-state index in [2.05, 4.69) is 0 Å². The average molecular weight is 200 g/mol. The molecule has 0 atom stereocenters. The zero-order valence-electron chi connectivity index (χ0n) is 8.41. The third kappa shape index (κ3) is 2.25. The minimum atomic E-state index is -0.919. The fourth-order valence-corrected chi connectivity index (χ4v) is 2.19. The van der Waals surface area contributed by atoms with Crippen LogP contribution in [0.15, 0.2) is 0 Å². The van der Waals surface area contributed by atoms with Gasteiger partial charge in [-0.25, -0.2) is 0 Å². The van der Waals surface area contributed by atoms with Crippen LogP contribution in [0, 0.1) is 5.41 Å². The van der Waals surface area contributed by atoms with Crippen molar-refractivity contribution >= 4 is 11.9 Å². The van der Waals surface area contributed by atoms with Gasteiger partial charge in [-0.1, -0.05) is 19.3 Å². The number of methoxy groups -OCH3 is 1. The molecule has 1 N–H and O–H groups in total. The molecule has 1 aliphatic carbocycles. The fourth-order valence-electron chi connectivity index (χ4n) is 2.19. The van der Waals surface area contributed by atoms with E-state index in [4.69, 9.17) is 9.84 Å². The third-order valence-electron chi connectivity index (χ3n) is 2.92. The van der Waals surface area contributed by atoms with Crippen molar-refractivity contribution in [3.05, 3.63) is 0 Å². The summed E-state index contributed by atoms with van der Waals surface area (Å²) in [6.45, 7) is 0. The molecule has 4 heteroatoms. The normalized spacial score (nSPS) is 20.1. The molecular formula is C10H16O4. The predicted octanol–water partition coefficient (Wildman–Crippen LogP) is 1.58. The molecule has 1 aliphatic rings. The molecule has 0 aromatic heterocycles. The smallest absolute Gasteiger partial charge is 0.312 e. The highest BCUT2D eigenvalue weighted by Gasteiger charge is 2.42. The van der Waals surface area contributed by atoms with Gasteiger partial charge in [0.25, 0.3) is 0 Å². The second-order valence-corrected chi connectivity index (χ2v) is 3.90. The van der Waals surface area contributed by atoms with Gasteiger partial charge in [0.05, 0.1) is 18.9 Å². The van der Waals surface area contributed by atoms with Crippen LogP contribution in [0.3, 0.4) is 0 Å². The van der Waals surface area contributed by atoms with Crippen LogP contribution in [-0.2, 0) is 14.3 Å². The Balaban J connectivity index is 2.76. The summed E-state index contributed by atoms with van der Waals surface area (Å²) in [6.07, 6.45) is 4.11. The number of hydrogen-bond acceptors (Lipinski definition) is 3. The lowest BCUT2D eigenvalue weighted by Crippen LogP contribution is -2.36. The van der Waals surface area contributed by atoms with Gasteiger partial charge in [-0.3, -0.25) is 9.59 Å².